The summed E-state index contributed by atoms with van der Waals surface area (Å²) in [5, 5.41) is 6.31. The summed E-state index contributed by atoms with van der Waals surface area (Å²) in [7, 11) is 0. The molecule has 1 amide bonds. The lowest BCUT2D eigenvalue weighted by molar-refractivity contribution is -0.123. The van der Waals surface area contributed by atoms with E-state index in [1.54, 1.807) is 11.8 Å². The van der Waals surface area contributed by atoms with Crippen molar-refractivity contribution >= 4 is 17.7 Å². The van der Waals surface area contributed by atoms with E-state index in [2.05, 4.69) is 24.1 Å². The zero-order valence-electron chi connectivity index (χ0n) is 8.58. The third-order valence-corrected chi connectivity index (χ3v) is 3.14. The Kier molecular flexibility index (Phi) is 5.04. The summed E-state index contributed by atoms with van der Waals surface area (Å²) < 4.78 is 0. The van der Waals surface area contributed by atoms with E-state index in [0.717, 1.165) is 18.6 Å². The summed E-state index contributed by atoms with van der Waals surface area (Å²) in [4.78, 5) is 11.3. The predicted molar refractivity (Wildman–Crippen MR) is 61.0 cm³/mol. The molecule has 0 radical (unpaired) electrons. The van der Waals surface area contributed by atoms with Crippen LogP contribution in [0, 0.1) is 0 Å². The summed E-state index contributed by atoms with van der Waals surface area (Å²) in [5.41, 5.74) is 0.0609. The Labute approximate surface area is 89.7 Å². The highest BCUT2D eigenvalue weighted by atomic mass is 32.2. The van der Waals surface area contributed by atoms with Crippen LogP contribution in [0.2, 0.25) is 0 Å². The number of rotatable bonds is 5. The number of thioether (sulfide) groups is 1. The fourth-order valence-corrected chi connectivity index (χ4v) is 2.36. The van der Waals surface area contributed by atoms with Crippen LogP contribution in [-0.2, 0) is 4.79 Å². The van der Waals surface area contributed by atoms with E-state index in [-0.39, 0.29) is 11.4 Å². The first kappa shape index (κ1) is 11.6. The van der Waals surface area contributed by atoms with Crippen LogP contribution in [0.25, 0.3) is 0 Å². The molecule has 3 nitrogen and oxygen atoms in total. The van der Waals surface area contributed by atoms with Crippen molar-refractivity contribution in [3.63, 3.8) is 0 Å². The number of carbonyl (C=O) groups excluding carboxylic acids is 1. The second kappa shape index (κ2) is 6.09. The van der Waals surface area contributed by atoms with Gasteiger partial charge in [0, 0.05) is 18.2 Å². The van der Waals surface area contributed by atoms with Gasteiger partial charge in [-0.05, 0) is 6.42 Å². The molecular weight excluding hydrogens is 196 g/mol. The Morgan fingerprint density at radius 1 is 1.71 bits per heavy atom. The van der Waals surface area contributed by atoms with Gasteiger partial charge in [0.05, 0.1) is 0 Å². The van der Waals surface area contributed by atoms with Gasteiger partial charge in [-0.25, -0.2) is 0 Å². The normalized spacial score (nSPS) is 27.1. The molecule has 2 atom stereocenters. The van der Waals surface area contributed by atoms with Crippen LogP contribution < -0.4 is 10.6 Å². The first-order chi connectivity index (χ1) is 6.76. The second-order valence-electron chi connectivity index (χ2n) is 3.43. The average Bonchev–Trinajstić information content (AvgIpc) is 2.14. The minimum atomic E-state index is 0.0609. The molecule has 2 N–H and O–H groups in total. The first-order valence-corrected chi connectivity index (χ1v) is 6.09. The van der Waals surface area contributed by atoms with Crippen LogP contribution in [0.4, 0.5) is 0 Å². The molecule has 80 valence electrons. The Bertz CT molecular complexity index is 208. The Hall–Kier alpha value is -0.480. The number of hydrogen-bond donors (Lipinski definition) is 2. The molecule has 1 aliphatic rings. The van der Waals surface area contributed by atoms with E-state index in [4.69, 9.17) is 0 Å². The average molecular weight is 214 g/mol. The maximum atomic E-state index is 11.3. The highest BCUT2D eigenvalue weighted by molar-refractivity contribution is 7.99. The Morgan fingerprint density at radius 3 is 3.14 bits per heavy atom. The van der Waals surface area contributed by atoms with Crippen molar-refractivity contribution in [1.29, 1.82) is 0 Å². The minimum Gasteiger partial charge on any atom is -0.332 e. The molecule has 1 fully saturated rings. The molecule has 0 aromatic rings. The first-order valence-electron chi connectivity index (χ1n) is 5.04. The third kappa shape index (κ3) is 3.72. The topological polar surface area (TPSA) is 41.1 Å². The molecule has 0 spiro atoms. The lowest BCUT2D eigenvalue weighted by Crippen LogP contribution is -2.54. The third-order valence-electron chi connectivity index (χ3n) is 2.13. The van der Waals surface area contributed by atoms with Crippen molar-refractivity contribution < 1.29 is 4.79 Å². The molecule has 4 heteroatoms. The smallest absolute Gasteiger partial charge is 0.223 e. The van der Waals surface area contributed by atoms with Crippen molar-refractivity contribution in [3.8, 4) is 0 Å². The quantitative estimate of drug-likeness (QED) is 0.681. The minimum absolute atomic E-state index is 0.0609. The number of carbonyl (C=O) groups is 1. The standard InChI is InChI=1S/C10H18N2OS/c1-3-5-8-7-9(13)12-10(11-8)14-6-4-2/h4,8,10-11H,2-3,5-7H2,1H3,(H,12,13). The van der Waals surface area contributed by atoms with Gasteiger partial charge in [0.25, 0.3) is 0 Å². The van der Waals surface area contributed by atoms with Gasteiger partial charge in [0.15, 0.2) is 0 Å². The monoisotopic (exact) mass is 214 g/mol. The van der Waals surface area contributed by atoms with Gasteiger partial charge in [-0.1, -0.05) is 19.4 Å². The lowest BCUT2D eigenvalue weighted by atomic mass is 10.1. The van der Waals surface area contributed by atoms with Crippen LogP contribution in [0.15, 0.2) is 12.7 Å². The van der Waals surface area contributed by atoms with Crippen molar-refractivity contribution in [2.24, 2.45) is 0 Å². The molecule has 0 bridgehead atoms. The van der Waals surface area contributed by atoms with E-state index in [9.17, 15) is 4.79 Å². The highest BCUT2D eigenvalue weighted by Crippen LogP contribution is 2.14. The van der Waals surface area contributed by atoms with Gasteiger partial charge in [0.1, 0.15) is 5.50 Å². The van der Waals surface area contributed by atoms with E-state index in [1.807, 2.05) is 6.08 Å². The molecule has 0 aliphatic carbocycles. The van der Waals surface area contributed by atoms with Crippen LogP contribution in [-0.4, -0.2) is 23.2 Å². The van der Waals surface area contributed by atoms with Crippen LogP contribution in [0.3, 0.4) is 0 Å². The molecule has 1 rings (SSSR count). The number of amides is 1. The van der Waals surface area contributed by atoms with E-state index < -0.39 is 0 Å². The molecule has 2 unspecified atom stereocenters. The zero-order chi connectivity index (χ0) is 10.4. The van der Waals surface area contributed by atoms with Crippen LogP contribution in [0.5, 0.6) is 0 Å². The van der Waals surface area contributed by atoms with Gasteiger partial charge in [0.2, 0.25) is 5.91 Å². The maximum absolute atomic E-state index is 11.3. The molecule has 1 saturated heterocycles. The zero-order valence-corrected chi connectivity index (χ0v) is 9.40. The van der Waals surface area contributed by atoms with Gasteiger partial charge in [-0.2, -0.15) is 0 Å². The Morgan fingerprint density at radius 2 is 2.50 bits per heavy atom. The largest absolute Gasteiger partial charge is 0.332 e. The fourth-order valence-electron chi connectivity index (χ4n) is 1.53. The number of nitrogens with one attached hydrogen (secondary N) is 2. The lowest BCUT2D eigenvalue weighted by Gasteiger charge is -2.30. The highest BCUT2D eigenvalue weighted by Gasteiger charge is 2.24. The van der Waals surface area contributed by atoms with E-state index >= 15 is 0 Å². The summed E-state index contributed by atoms with van der Waals surface area (Å²) in [6.45, 7) is 5.80. The predicted octanol–water partition coefficient (Wildman–Crippen LogP) is 1.47. The van der Waals surface area contributed by atoms with Crippen molar-refractivity contribution in [3.05, 3.63) is 12.7 Å². The van der Waals surface area contributed by atoms with Crippen LogP contribution in [0.1, 0.15) is 26.2 Å². The molecule has 1 aliphatic heterocycles. The Balaban J connectivity index is 2.36. The van der Waals surface area contributed by atoms with Crippen molar-refractivity contribution in [2.45, 2.75) is 37.7 Å². The van der Waals surface area contributed by atoms with Gasteiger partial charge in [-0.15, -0.1) is 18.3 Å². The summed E-state index contributed by atoms with van der Waals surface area (Å²) in [6, 6.07) is 0.344. The van der Waals surface area contributed by atoms with E-state index in [0.29, 0.717) is 12.5 Å². The molecule has 14 heavy (non-hydrogen) atoms. The molecule has 0 aromatic heterocycles. The molecular formula is C10H18N2OS. The molecule has 0 aromatic carbocycles. The van der Waals surface area contributed by atoms with E-state index in [1.165, 1.54) is 0 Å². The van der Waals surface area contributed by atoms with Crippen molar-refractivity contribution in [1.82, 2.24) is 10.6 Å². The van der Waals surface area contributed by atoms with Gasteiger partial charge in [-0.3, -0.25) is 10.1 Å². The summed E-state index contributed by atoms with van der Waals surface area (Å²) in [5.74, 6) is 1.01. The van der Waals surface area contributed by atoms with Crippen LogP contribution >= 0.6 is 11.8 Å². The van der Waals surface area contributed by atoms with Crippen molar-refractivity contribution in [2.75, 3.05) is 5.75 Å². The summed E-state index contributed by atoms with van der Waals surface area (Å²) in [6.07, 6.45) is 4.64. The number of hydrogen-bond acceptors (Lipinski definition) is 3. The molecule has 0 saturated carbocycles. The second-order valence-corrected chi connectivity index (χ2v) is 4.56. The van der Waals surface area contributed by atoms with Gasteiger partial charge < -0.3 is 5.32 Å². The van der Waals surface area contributed by atoms with Gasteiger partial charge >= 0.3 is 0 Å². The fraction of sp³-hybridized carbons (Fsp3) is 0.700. The summed E-state index contributed by atoms with van der Waals surface area (Å²) >= 11 is 1.67. The molecule has 1 heterocycles. The SMILES string of the molecule is C=CCSC1NC(=O)CC(CCC)N1. The maximum Gasteiger partial charge on any atom is 0.223 e.